The van der Waals surface area contributed by atoms with E-state index in [-0.39, 0.29) is 11.3 Å². The molecule has 2 fully saturated rings. The molecule has 20 heavy (non-hydrogen) atoms. The maximum atomic E-state index is 12.2. The van der Waals surface area contributed by atoms with Crippen molar-refractivity contribution in [3.8, 4) is 0 Å². The summed E-state index contributed by atoms with van der Waals surface area (Å²) in [5.74, 6) is 0.882. The Morgan fingerprint density at radius 3 is 2.20 bits per heavy atom. The summed E-state index contributed by atoms with van der Waals surface area (Å²) in [4.78, 5) is 12.2. The zero-order chi connectivity index (χ0) is 14.3. The molecule has 3 N–H and O–H groups in total. The Kier molecular flexibility index (Phi) is 6.34. The van der Waals surface area contributed by atoms with E-state index >= 15 is 0 Å². The van der Waals surface area contributed by atoms with Gasteiger partial charge in [-0.2, -0.15) is 0 Å². The highest BCUT2D eigenvalue weighted by Gasteiger charge is 2.31. The predicted octanol–water partition coefficient (Wildman–Crippen LogP) is 3.37. The highest BCUT2D eigenvalue weighted by atomic mass is 16.1. The molecule has 0 unspecified atom stereocenters. The number of carbonyl (C=O) groups excluding carboxylic acids is 1. The summed E-state index contributed by atoms with van der Waals surface area (Å²) in [7, 11) is 0. The van der Waals surface area contributed by atoms with Gasteiger partial charge < -0.3 is 11.1 Å². The molecule has 116 valence electrons. The lowest BCUT2D eigenvalue weighted by Gasteiger charge is -2.36. The van der Waals surface area contributed by atoms with Crippen molar-refractivity contribution in [1.29, 1.82) is 0 Å². The topological polar surface area (TPSA) is 55.1 Å². The summed E-state index contributed by atoms with van der Waals surface area (Å²) in [5, 5.41) is 3.19. The lowest BCUT2D eigenvalue weighted by atomic mass is 9.74. The number of carbonyl (C=O) groups is 1. The number of nitrogens with one attached hydrogen (secondary N) is 1. The molecule has 2 aliphatic carbocycles. The zero-order valence-corrected chi connectivity index (χ0v) is 13.0. The number of rotatable bonds is 5. The summed E-state index contributed by atoms with van der Waals surface area (Å²) >= 11 is 0. The van der Waals surface area contributed by atoms with Crippen LogP contribution in [0.1, 0.15) is 77.0 Å². The Bertz CT molecular complexity index is 289. The smallest absolute Gasteiger partial charge is 0.220 e. The number of hydrogen-bond acceptors (Lipinski definition) is 2. The van der Waals surface area contributed by atoms with Crippen molar-refractivity contribution in [1.82, 2.24) is 5.32 Å². The minimum atomic E-state index is 0.192. The molecule has 0 aromatic carbocycles. The molecule has 1 amide bonds. The Hall–Kier alpha value is -0.570. The van der Waals surface area contributed by atoms with E-state index in [0.29, 0.717) is 5.92 Å². The number of nitrogens with two attached hydrogens (primary N) is 1. The average molecular weight is 280 g/mol. The van der Waals surface area contributed by atoms with E-state index in [1.165, 1.54) is 70.6 Å². The molecule has 3 heteroatoms. The molecule has 2 aliphatic rings. The molecule has 0 aliphatic heterocycles. The average Bonchev–Trinajstić information content (AvgIpc) is 2.75. The van der Waals surface area contributed by atoms with Crippen LogP contribution in [0.5, 0.6) is 0 Å². The van der Waals surface area contributed by atoms with Gasteiger partial charge in [-0.1, -0.05) is 44.9 Å². The molecule has 0 aromatic rings. The quantitative estimate of drug-likeness (QED) is 0.759. The first-order chi connectivity index (χ1) is 9.74. The fourth-order valence-corrected chi connectivity index (χ4v) is 3.94. The van der Waals surface area contributed by atoms with Gasteiger partial charge in [0.05, 0.1) is 0 Å². The van der Waals surface area contributed by atoms with E-state index in [0.717, 1.165) is 19.5 Å². The van der Waals surface area contributed by atoms with Crippen molar-refractivity contribution in [3.63, 3.8) is 0 Å². The van der Waals surface area contributed by atoms with Crippen LogP contribution in [0.15, 0.2) is 0 Å². The Morgan fingerprint density at radius 2 is 1.60 bits per heavy atom. The van der Waals surface area contributed by atoms with E-state index < -0.39 is 0 Å². The van der Waals surface area contributed by atoms with Gasteiger partial charge in [-0.15, -0.1) is 0 Å². The summed E-state index contributed by atoms with van der Waals surface area (Å²) < 4.78 is 0. The lowest BCUT2D eigenvalue weighted by Crippen LogP contribution is -2.44. The molecule has 0 saturated heterocycles. The second kappa shape index (κ2) is 8.02. The molecular weight excluding hydrogens is 248 g/mol. The second-order valence-corrected chi connectivity index (χ2v) is 7.10. The van der Waals surface area contributed by atoms with E-state index in [9.17, 15) is 4.79 Å². The summed E-state index contributed by atoms with van der Waals surface area (Å²) in [6, 6.07) is 0. The molecule has 0 bridgehead atoms. The van der Waals surface area contributed by atoms with Crippen molar-refractivity contribution >= 4 is 5.91 Å². The summed E-state index contributed by atoms with van der Waals surface area (Å²) in [6.07, 6.45) is 14.8. The molecule has 3 nitrogen and oxygen atoms in total. The minimum absolute atomic E-state index is 0.192. The van der Waals surface area contributed by atoms with Crippen LogP contribution < -0.4 is 11.1 Å². The first kappa shape index (κ1) is 15.8. The van der Waals surface area contributed by atoms with Gasteiger partial charge in [0.25, 0.3) is 0 Å². The SMILES string of the molecule is NCC1(CNC(=O)CC2CCCCCC2)CCCCC1. The second-order valence-electron chi connectivity index (χ2n) is 7.10. The molecule has 2 saturated carbocycles. The van der Waals surface area contributed by atoms with Crippen molar-refractivity contribution in [3.05, 3.63) is 0 Å². The standard InChI is InChI=1S/C17H32N2O/c18-13-17(10-6-3-7-11-17)14-19-16(20)12-15-8-4-1-2-5-9-15/h15H,1-14,18H2,(H,19,20). The largest absolute Gasteiger partial charge is 0.355 e. The normalized spacial score (nSPS) is 24.1. The van der Waals surface area contributed by atoms with E-state index in [2.05, 4.69) is 5.32 Å². The van der Waals surface area contributed by atoms with Gasteiger partial charge >= 0.3 is 0 Å². The van der Waals surface area contributed by atoms with Gasteiger partial charge in [-0.3, -0.25) is 4.79 Å². The Balaban J connectivity index is 1.73. The molecule has 0 atom stereocenters. The molecule has 0 heterocycles. The summed E-state index contributed by atoms with van der Waals surface area (Å²) in [6.45, 7) is 1.52. The van der Waals surface area contributed by atoms with Crippen molar-refractivity contribution in [2.45, 2.75) is 77.0 Å². The van der Waals surface area contributed by atoms with Crippen LogP contribution in [-0.4, -0.2) is 19.0 Å². The highest BCUT2D eigenvalue weighted by molar-refractivity contribution is 5.76. The van der Waals surface area contributed by atoms with Crippen LogP contribution >= 0.6 is 0 Å². The van der Waals surface area contributed by atoms with Crippen LogP contribution in [0.2, 0.25) is 0 Å². The predicted molar refractivity (Wildman–Crippen MR) is 83.4 cm³/mol. The monoisotopic (exact) mass is 280 g/mol. The molecule has 0 radical (unpaired) electrons. The third kappa shape index (κ3) is 4.76. The van der Waals surface area contributed by atoms with Gasteiger partial charge in [0.2, 0.25) is 5.91 Å². The summed E-state index contributed by atoms with van der Waals surface area (Å²) in [5.41, 5.74) is 6.17. The number of hydrogen-bond donors (Lipinski definition) is 2. The third-order valence-corrected chi connectivity index (χ3v) is 5.46. The Morgan fingerprint density at radius 1 is 1.00 bits per heavy atom. The molecule has 0 aromatic heterocycles. The van der Waals surface area contributed by atoms with Crippen molar-refractivity contribution < 1.29 is 4.79 Å². The highest BCUT2D eigenvalue weighted by Crippen LogP contribution is 2.34. The van der Waals surface area contributed by atoms with E-state index in [4.69, 9.17) is 5.73 Å². The number of amides is 1. The molecule has 0 spiro atoms. The van der Waals surface area contributed by atoms with Gasteiger partial charge in [-0.25, -0.2) is 0 Å². The molecule has 2 rings (SSSR count). The van der Waals surface area contributed by atoms with Gasteiger partial charge in [0.15, 0.2) is 0 Å². The van der Waals surface area contributed by atoms with Crippen LogP contribution in [-0.2, 0) is 4.79 Å². The maximum Gasteiger partial charge on any atom is 0.220 e. The van der Waals surface area contributed by atoms with Crippen LogP contribution in [0, 0.1) is 11.3 Å². The minimum Gasteiger partial charge on any atom is -0.355 e. The van der Waals surface area contributed by atoms with Gasteiger partial charge in [-0.05, 0) is 43.6 Å². The maximum absolute atomic E-state index is 12.2. The van der Waals surface area contributed by atoms with Gasteiger partial charge in [0.1, 0.15) is 0 Å². The zero-order valence-electron chi connectivity index (χ0n) is 13.0. The Labute approximate surface area is 124 Å². The van der Waals surface area contributed by atoms with Crippen molar-refractivity contribution in [2.24, 2.45) is 17.1 Å². The fraction of sp³-hybridized carbons (Fsp3) is 0.941. The van der Waals surface area contributed by atoms with Gasteiger partial charge in [0, 0.05) is 13.0 Å². The lowest BCUT2D eigenvalue weighted by molar-refractivity contribution is -0.122. The third-order valence-electron chi connectivity index (χ3n) is 5.46. The van der Waals surface area contributed by atoms with Crippen LogP contribution in [0.4, 0.5) is 0 Å². The van der Waals surface area contributed by atoms with E-state index in [1.54, 1.807) is 0 Å². The van der Waals surface area contributed by atoms with Crippen molar-refractivity contribution in [2.75, 3.05) is 13.1 Å². The first-order valence-corrected chi connectivity index (χ1v) is 8.71. The van der Waals surface area contributed by atoms with Crippen LogP contribution in [0.3, 0.4) is 0 Å². The fourth-order valence-electron chi connectivity index (χ4n) is 3.94. The first-order valence-electron chi connectivity index (χ1n) is 8.71. The van der Waals surface area contributed by atoms with E-state index in [1.807, 2.05) is 0 Å². The van der Waals surface area contributed by atoms with Crippen LogP contribution in [0.25, 0.3) is 0 Å². The molecular formula is C17H32N2O.